The minimum Gasteiger partial charge on any atom is -0.267 e. The number of aryl methyl sites for hydroxylation is 1. The molecule has 0 spiro atoms. The van der Waals surface area contributed by atoms with Gasteiger partial charge in [-0.3, -0.25) is 4.79 Å². The molecule has 0 aliphatic heterocycles. The van der Waals surface area contributed by atoms with Crippen molar-refractivity contribution in [3.63, 3.8) is 0 Å². The third kappa shape index (κ3) is 2.40. The summed E-state index contributed by atoms with van der Waals surface area (Å²) in [5.41, 5.74) is 4.03. The second-order valence-corrected chi connectivity index (χ2v) is 2.64. The van der Waals surface area contributed by atoms with Gasteiger partial charge in [-0.1, -0.05) is 18.2 Å². The highest BCUT2D eigenvalue weighted by atomic mass is 16.2. The van der Waals surface area contributed by atoms with Crippen molar-refractivity contribution >= 4 is 12.1 Å². The van der Waals surface area contributed by atoms with Crippen LogP contribution in [0.2, 0.25) is 0 Å². The number of nitrogens with one attached hydrogen (secondary N) is 1. The van der Waals surface area contributed by atoms with Crippen molar-refractivity contribution in [1.29, 1.82) is 0 Å². The zero-order valence-corrected chi connectivity index (χ0v) is 7.74. The van der Waals surface area contributed by atoms with Gasteiger partial charge < -0.3 is 0 Å². The first-order valence-corrected chi connectivity index (χ1v) is 4.09. The number of carbonyl (C=O) groups excluding carboxylic acids is 1. The second-order valence-electron chi connectivity index (χ2n) is 2.64. The van der Waals surface area contributed by atoms with Crippen molar-refractivity contribution in [2.45, 2.75) is 13.8 Å². The molecule has 0 heterocycles. The Labute approximate surface area is 77.5 Å². The highest BCUT2D eigenvalue weighted by Crippen LogP contribution is 2.05. The van der Waals surface area contributed by atoms with Gasteiger partial charge in [0.1, 0.15) is 0 Å². The van der Waals surface area contributed by atoms with Gasteiger partial charge in [-0.25, -0.2) is 5.43 Å². The molecule has 13 heavy (non-hydrogen) atoms. The van der Waals surface area contributed by atoms with E-state index in [9.17, 15) is 4.79 Å². The van der Waals surface area contributed by atoms with Crippen LogP contribution in [0, 0.1) is 6.92 Å². The van der Waals surface area contributed by atoms with E-state index in [-0.39, 0.29) is 5.91 Å². The lowest BCUT2D eigenvalue weighted by Gasteiger charge is -2.02. The Morgan fingerprint density at radius 2 is 2.15 bits per heavy atom. The van der Waals surface area contributed by atoms with E-state index in [1.165, 1.54) is 6.21 Å². The van der Waals surface area contributed by atoms with Crippen LogP contribution in [0.25, 0.3) is 0 Å². The SMILES string of the molecule is C/C=N\NC(=O)c1ccccc1C. The van der Waals surface area contributed by atoms with Gasteiger partial charge in [0.15, 0.2) is 0 Å². The lowest BCUT2D eigenvalue weighted by molar-refractivity contribution is 0.0954. The molecule has 1 rings (SSSR count). The van der Waals surface area contributed by atoms with Gasteiger partial charge in [-0.05, 0) is 25.5 Å². The molecule has 3 heteroatoms. The Balaban J connectivity index is 2.83. The number of amides is 1. The molecule has 68 valence electrons. The Morgan fingerprint density at radius 1 is 1.46 bits per heavy atom. The van der Waals surface area contributed by atoms with Crippen LogP contribution in [-0.2, 0) is 0 Å². The summed E-state index contributed by atoms with van der Waals surface area (Å²) in [6.45, 7) is 3.64. The predicted octanol–water partition coefficient (Wildman–Crippen LogP) is 1.73. The molecule has 1 N–H and O–H groups in total. The van der Waals surface area contributed by atoms with E-state index in [0.29, 0.717) is 5.56 Å². The van der Waals surface area contributed by atoms with E-state index in [0.717, 1.165) is 5.56 Å². The molecule has 0 saturated carbocycles. The molecule has 0 bridgehead atoms. The number of hydrazone groups is 1. The number of hydrogen-bond donors (Lipinski definition) is 1. The summed E-state index contributed by atoms with van der Waals surface area (Å²) in [7, 11) is 0. The summed E-state index contributed by atoms with van der Waals surface area (Å²) in [5.74, 6) is -0.170. The summed E-state index contributed by atoms with van der Waals surface area (Å²) in [6, 6.07) is 7.40. The van der Waals surface area contributed by atoms with E-state index >= 15 is 0 Å². The molecule has 1 aromatic carbocycles. The van der Waals surface area contributed by atoms with E-state index in [2.05, 4.69) is 10.5 Å². The van der Waals surface area contributed by atoms with Gasteiger partial charge in [-0.15, -0.1) is 0 Å². The summed E-state index contributed by atoms with van der Waals surface area (Å²) < 4.78 is 0. The van der Waals surface area contributed by atoms with Crippen LogP contribution in [0.3, 0.4) is 0 Å². The van der Waals surface area contributed by atoms with Gasteiger partial charge in [0.25, 0.3) is 5.91 Å². The summed E-state index contributed by atoms with van der Waals surface area (Å²) in [5, 5.41) is 3.66. The molecule has 1 amide bonds. The molecular weight excluding hydrogens is 164 g/mol. The van der Waals surface area contributed by atoms with Crippen LogP contribution in [0.1, 0.15) is 22.8 Å². The molecule has 0 aliphatic rings. The Hall–Kier alpha value is -1.64. The van der Waals surface area contributed by atoms with E-state index in [1.807, 2.05) is 25.1 Å². The molecule has 0 saturated heterocycles. The molecule has 0 radical (unpaired) electrons. The van der Waals surface area contributed by atoms with Crippen molar-refractivity contribution in [1.82, 2.24) is 5.43 Å². The van der Waals surface area contributed by atoms with Crippen LogP contribution >= 0.6 is 0 Å². The van der Waals surface area contributed by atoms with E-state index in [4.69, 9.17) is 0 Å². The zero-order chi connectivity index (χ0) is 9.68. The maximum Gasteiger partial charge on any atom is 0.271 e. The Kier molecular flexibility index (Phi) is 3.20. The number of rotatable bonds is 2. The van der Waals surface area contributed by atoms with Gasteiger partial charge in [0.05, 0.1) is 0 Å². The first kappa shape index (κ1) is 9.45. The predicted molar refractivity (Wildman–Crippen MR) is 52.8 cm³/mol. The van der Waals surface area contributed by atoms with Crippen molar-refractivity contribution in [3.05, 3.63) is 35.4 Å². The van der Waals surface area contributed by atoms with Crippen molar-refractivity contribution < 1.29 is 4.79 Å². The van der Waals surface area contributed by atoms with Gasteiger partial charge in [-0.2, -0.15) is 5.10 Å². The first-order valence-electron chi connectivity index (χ1n) is 4.09. The second kappa shape index (κ2) is 4.40. The molecule has 0 aromatic heterocycles. The fraction of sp³-hybridized carbons (Fsp3) is 0.200. The number of hydrogen-bond acceptors (Lipinski definition) is 2. The fourth-order valence-corrected chi connectivity index (χ4v) is 1.01. The third-order valence-corrected chi connectivity index (χ3v) is 1.68. The molecule has 0 unspecified atom stereocenters. The van der Waals surface area contributed by atoms with Crippen LogP contribution in [0.15, 0.2) is 29.4 Å². The minimum absolute atomic E-state index is 0.170. The van der Waals surface area contributed by atoms with E-state index in [1.54, 1.807) is 13.0 Å². The lowest BCUT2D eigenvalue weighted by Crippen LogP contribution is -2.18. The topological polar surface area (TPSA) is 41.5 Å². The standard InChI is InChI=1S/C10H12N2O/c1-3-11-12-10(13)9-7-5-4-6-8(9)2/h3-7H,1-2H3,(H,12,13)/b11-3-. The van der Waals surface area contributed by atoms with Crippen LogP contribution in [0.5, 0.6) is 0 Å². The van der Waals surface area contributed by atoms with Gasteiger partial charge in [0.2, 0.25) is 0 Å². The normalized spacial score (nSPS) is 10.3. The summed E-state index contributed by atoms with van der Waals surface area (Å²) in [4.78, 5) is 11.4. The van der Waals surface area contributed by atoms with Crippen molar-refractivity contribution in [2.24, 2.45) is 5.10 Å². The summed E-state index contributed by atoms with van der Waals surface area (Å²) in [6.07, 6.45) is 1.54. The average Bonchev–Trinajstić information content (AvgIpc) is 2.15. The first-order chi connectivity index (χ1) is 6.25. The molecule has 3 nitrogen and oxygen atoms in total. The van der Waals surface area contributed by atoms with E-state index < -0.39 is 0 Å². The number of benzene rings is 1. The van der Waals surface area contributed by atoms with Gasteiger partial charge >= 0.3 is 0 Å². The maximum absolute atomic E-state index is 11.4. The minimum atomic E-state index is -0.170. The largest absolute Gasteiger partial charge is 0.271 e. The molecule has 0 aliphatic carbocycles. The molecule has 0 fully saturated rings. The zero-order valence-electron chi connectivity index (χ0n) is 7.74. The average molecular weight is 176 g/mol. The molecule has 1 aromatic rings. The Bertz CT molecular complexity index is 331. The molecule has 0 atom stereocenters. The van der Waals surface area contributed by atoms with Crippen LogP contribution in [0.4, 0.5) is 0 Å². The Morgan fingerprint density at radius 3 is 2.77 bits per heavy atom. The lowest BCUT2D eigenvalue weighted by atomic mass is 10.1. The van der Waals surface area contributed by atoms with Gasteiger partial charge in [0, 0.05) is 11.8 Å². The maximum atomic E-state index is 11.4. The van der Waals surface area contributed by atoms with Crippen molar-refractivity contribution in [3.8, 4) is 0 Å². The highest BCUT2D eigenvalue weighted by Gasteiger charge is 2.05. The smallest absolute Gasteiger partial charge is 0.267 e. The third-order valence-electron chi connectivity index (χ3n) is 1.68. The van der Waals surface area contributed by atoms with Crippen molar-refractivity contribution in [2.75, 3.05) is 0 Å². The fourth-order valence-electron chi connectivity index (χ4n) is 1.01. The highest BCUT2D eigenvalue weighted by molar-refractivity contribution is 5.95. The number of carbonyl (C=O) groups is 1. The van der Waals surface area contributed by atoms with Crippen LogP contribution in [-0.4, -0.2) is 12.1 Å². The summed E-state index contributed by atoms with van der Waals surface area (Å²) >= 11 is 0. The monoisotopic (exact) mass is 176 g/mol. The van der Waals surface area contributed by atoms with Crippen LogP contribution < -0.4 is 5.43 Å². The number of nitrogens with zero attached hydrogens (tertiary/aromatic N) is 1. The quantitative estimate of drug-likeness (QED) is 0.541. The molecular formula is C10H12N2O.